The van der Waals surface area contributed by atoms with E-state index in [2.05, 4.69) is 28.2 Å². The van der Waals surface area contributed by atoms with E-state index in [0.717, 1.165) is 12.8 Å². The molecule has 1 amide bonds. The summed E-state index contributed by atoms with van der Waals surface area (Å²) in [5.74, 6) is -0.868. The molecule has 0 bridgehead atoms. The third-order valence-corrected chi connectivity index (χ3v) is 4.64. The zero-order valence-electron chi connectivity index (χ0n) is 11.9. The Morgan fingerprint density at radius 3 is 2.81 bits per heavy atom. The van der Waals surface area contributed by atoms with E-state index in [1.54, 1.807) is 6.07 Å². The Kier molecular flexibility index (Phi) is 4.68. The predicted molar refractivity (Wildman–Crippen MR) is 84.3 cm³/mol. The Hall–Kier alpha value is -1.40. The molecule has 2 rings (SSSR count). The van der Waals surface area contributed by atoms with Gasteiger partial charge in [-0.15, -0.1) is 0 Å². The molecule has 1 fully saturated rings. The molecule has 1 aromatic rings. The van der Waals surface area contributed by atoms with Gasteiger partial charge in [0.2, 0.25) is 5.91 Å². The molecule has 0 spiro atoms. The standard InChI is InChI=1S/C15H19BrN2O3/c1-9-3-2-6-15(17,8-9)14(21)18-12-7-10(13(19)20)4-5-11(12)16/h4-5,7,9H,2-3,6,8,17H2,1H3,(H,18,21)(H,19,20). The van der Waals surface area contributed by atoms with E-state index >= 15 is 0 Å². The number of benzene rings is 1. The van der Waals surface area contributed by atoms with Crippen molar-refractivity contribution >= 4 is 33.5 Å². The lowest BCUT2D eigenvalue weighted by atomic mass is 9.76. The number of nitrogens with two attached hydrogens (primary N) is 1. The molecular weight excluding hydrogens is 336 g/mol. The Labute approximate surface area is 132 Å². The van der Waals surface area contributed by atoms with Crippen molar-refractivity contribution in [3.05, 3.63) is 28.2 Å². The van der Waals surface area contributed by atoms with Gasteiger partial charge < -0.3 is 16.2 Å². The van der Waals surface area contributed by atoms with Crippen molar-refractivity contribution in [2.24, 2.45) is 11.7 Å². The van der Waals surface area contributed by atoms with Gasteiger partial charge in [0, 0.05) is 4.47 Å². The zero-order valence-corrected chi connectivity index (χ0v) is 13.4. The maximum atomic E-state index is 12.5. The van der Waals surface area contributed by atoms with E-state index in [1.807, 2.05) is 0 Å². The van der Waals surface area contributed by atoms with Crippen molar-refractivity contribution in [2.75, 3.05) is 5.32 Å². The quantitative estimate of drug-likeness (QED) is 0.777. The van der Waals surface area contributed by atoms with Crippen LogP contribution in [0.25, 0.3) is 0 Å². The molecule has 0 heterocycles. The number of anilines is 1. The number of aromatic carboxylic acids is 1. The van der Waals surface area contributed by atoms with Gasteiger partial charge in [-0.25, -0.2) is 4.79 Å². The van der Waals surface area contributed by atoms with Crippen LogP contribution < -0.4 is 11.1 Å². The van der Waals surface area contributed by atoms with Crippen LogP contribution in [0.4, 0.5) is 5.69 Å². The number of rotatable bonds is 3. The molecule has 114 valence electrons. The Bertz CT molecular complexity index is 576. The number of hydrogen-bond acceptors (Lipinski definition) is 3. The first-order chi connectivity index (χ1) is 9.82. The fourth-order valence-corrected chi connectivity index (χ4v) is 3.14. The molecule has 0 radical (unpaired) electrons. The van der Waals surface area contributed by atoms with Gasteiger partial charge in [0.05, 0.1) is 16.8 Å². The van der Waals surface area contributed by atoms with Crippen molar-refractivity contribution < 1.29 is 14.7 Å². The van der Waals surface area contributed by atoms with Crippen LogP contribution in [-0.2, 0) is 4.79 Å². The summed E-state index contributed by atoms with van der Waals surface area (Å²) in [5, 5.41) is 11.8. The molecule has 2 unspecified atom stereocenters. The second kappa shape index (κ2) is 6.15. The number of carbonyl (C=O) groups is 2. The predicted octanol–water partition coefficient (Wildman–Crippen LogP) is 2.99. The first kappa shape index (κ1) is 16.0. The zero-order chi connectivity index (χ0) is 15.6. The molecule has 1 aliphatic rings. The summed E-state index contributed by atoms with van der Waals surface area (Å²) in [7, 11) is 0. The fraction of sp³-hybridized carbons (Fsp3) is 0.467. The number of carboxylic acids is 1. The Balaban J connectivity index is 2.19. The molecule has 21 heavy (non-hydrogen) atoms. The lowest BCUT2D eigenvalue weighted by Gasteiger charge is -2.35. The Morgan fingerprint density at radius 2 is 2.19 bits per heavy atom. The number of amides is 1. The molecule has 6 heteroatoms. The lowest BCUT2D eigenvalue weighted by Crippen LogP contribution is -2.53. The molecule has 0 saturated heterocycles. The van der Waals surface area contributed by atoms with Gasteiger partial charge in [0.25, 0.3) is 0 Å². The number of hydrogen-bond donors (Lipinski definition) is 3. The van der Waals surface area contributed by atoms with Crippen LogP contribution in [-0.4, -0.2) is 22.5 Å². The van der Waals surface area contributed by atoms with Crippen LogP contribution in [0, 0.1) is 5.92 Å². The van der Waals surface area contributed by atoms with Gasteiger partial charge in [-0.1, -0.05) is 19.8 Å². The summed E-state index contributed by atoms with van der Waals surface area (Å²) in [4.78, 5) is 23.5. The Morgan fingerprint density at radius 1 is 1.48 bits per heavy atom. The fourth-order valence-electron chi connectivity index (χ4n) is 2.80. The van der Waals surface area contributed by atoms with Crippen molar-refractivity contribution in [1.29, 1.82) is 0 Å². The summed E-state index contributed by atoms with van der Waals surface area (Å²) in [6.07, 6.45) is 3.32. The van der Waals surface area contributed by atoms with Crippen LogP contribution in [0.2, 0.25) is 0 Å². The SMILES string of the molecule is CC1CCCC(N)(C(=O)Nc2cc(C(=O)O)ccc2Br)C1. The van der Waals surface area contributed by atoms with Gasteiger partial charge in [0.1, 0.15) is 0 Å². The summed E-state index contributed by atoms with van der Waals surface area (Å²) in [5.41, 5.74) is 5.92. The summed E-state index contributed by atoms with van der Waals surface area (Å²) in [6, 6.07) is 4.51. The van der Waals surface area contributed by atoms with E-state index in [9.17, 15) is 9.59 Å². The number of carboxylic acid groups (broad SMARTS) is 1. The van der Waals surface area contributed by atoms with Gasteiger partial charge in [0.15, 0.2) is 0 Å². The van der Waals surface area contributed by atoms with E-state index in [1.165, 1.54) is 12.1 Å². The van der Waals surface area contributed by atoms with Gasteiger partial charge >= 0.3 is 5.97 Å². The van der Waals surface area contributed by atoms with Crippen LogP contribution in [0.3, 0.4) is 0 Å². The third kappa shape index (κ3) is 3.63. The van der Waals surface area contributed by atoms with Crippen LogP contribution >= 0.6 is 15.9 Å². The molecule has 1 aromatic carbocycles. The maximum absolute atomic E-state index is 12.5. The molecule has 0 aromatic heterocycles. The minimum absolute atomic E-state index is 0.122. The van der Waals surface area contributed by atoms with Gasteiger partial charge in [-0.2, -0.15) is 0 Å². The second-order valence-corrected chi connectivity index (χ2v) is 6.67. The largest absolute Gasteiger partial charge is 0.478 e. The number of nitrogens with one attached hydrogen (secondary N) is 1. The van der Waals surface area contributed by atoms with Crippen LogP contribution in [0.5, 0.6) is 0 Å². The van der Waals surface area contributed by atoms with Crippen molar-refractivity contribution in [2.45, 2.75) is 38.1 Å². The summed E-state index contributed by atoms with van der Waals surface area (Å²) >= 11 is 3.31. The average Bonchev–Trinajstić information content (AvgIpc) is 2.40. The van der Waals surface area contributed by atoms with Crippen molar-refractivity contribution in [3.8, 4) is 0 Å². The van der Waals surface area contributed by atoms with E-state index in [-0.39, 0.29) is 11.5 Å². The van der Waals surface area contributed by atoms with Crippen LogP contribution in [0.1, 0.15) is 43.0 Å². The van der Waals surface area contributed by atoms with Gasteiger partial charge in [-0.05, 0) is 52.9 Å². The summed E-state index contributed by atoms with van der Waals surface area (Å²) < 4.78 is 0.633. The minimum Gasteiger partial charge on any atom is -0.478 e. The number of carbonyl (C=O) groups excluding carboxylic acids is 1. The molecule has 1 aliphatic carbocycles. The highest BCUT2D eigenvalue weighted by molar-refractivity contribution is 9.10. The van der Waals surface area contributed by atoms with E-state index < -0.39 is 11.5 Å². The molecule has 1 saturated carbocycles. The highest BCUT2D eigenvalue weighted by Crippen LogP contribution is 2.32. The molecule has 4 N–H and O–H groups in total. The lowest BCUT2D eigenvalue weighted by molar-refractivity contribution is -0.122. The maximum Gasteiger partial charge on any atom is 0.335 e. The molecule has 5 nitrogen and oxygen atoms in total. The average molecular weight is 355 g/mol. The third-order valence-electron chi connectivity index (χ3n) is 3.95. The highest BCUT2D eigenvalue weighted by atomic mass is 79.9. The highest BCUT2D eigenvalue weighted by Gasteiger charge is 2.38. The summed E-state index contributed by atoms with van der Waals surface area (Å²) in [6.45, 7) is 2.09. The smallest absolute Gasteiger partial charge is 0.335 e. The van der Waals surface area contributed by atoms with E-state index in [4.69, 9.17) is 10.8 Å². The van der Waals surface area contributed by atoms with Crippen LogP contribution in [0.15, 0.2) is 22.7 Å². The second-order valence-electron chi connectivity index (χ2n) is 5.81. The first-order valence-electron chi connectivity index (χ1n) is 6.95. The van der Waals surface area contributed by atoms with E-state index in [0.29, 0.717) is 28.9 Å². The number of halogens is 1. The topological polar surface area (TPSA) is 92.4 Å². The normalized spacial score (nSPS) is 25.4. The molecular formula is C15H19BrN2O3. The van der Waals surface area contributed by atoms with Crippen molar-refractivity contribution in [3.63, 3.8) is 0 Å². The van der Waals surface area contributed by atoms with Gasteiger partial charge in [-0.3, -0.25) is 4.79 Å². The first-order valence-corrected chi connectivity index (χ1v) is 7.74. The van der Waals surface area contributed by atoms with Crippen molar-refractivity contribution in [1.82, 2.24) is 0 Å². The monoisotopic (exact) mass is 354 g/mol. The minimum atomic E-state index is -1.04. The molecule has 2 atom stereocenters. The molecule has 0 aliphatic heterocycles.